The van der Waals surface area contributed by atoms with Crippen molar-refractivity contribution in [3.63, 3.8) is 0 Å². The Morgan fingerprint density at radius 1 is 0.550 bits per heavy atom. The van der Waals surface area contributed by atoms with Crippen LogP contribution in [-0.2, 0) is 70.7 Å². The van der Waals surface area contributed by atoms with Crippen LogP contribution in [0, 0.1) is 23.7 Å². The number of nitrogens with one attached hydrogen (secondary N) is 10. The van der Waals surface area contributed by atoms with Gasteiger partial charge in [0.1, 0.15) is 59.9 Å². The van der Waals surface area contributed by atoms with Gasteiger partial charge in [0.2, 0.25) is 65.0 Å². The minimum atomic E-state index is -1.65. The average molecular weight is 1420 g/mol. The zero-order valence-electron chi connectivity index (χ0n) is 60.1. The number of nitrogens with zero attached hydrogens (tertiary/aromatic N) is 1. The maximum Gasteiger partial charge on any atom is 0.246 e. The number of carbonyl (C=O) groups excluding carboxylic acids is 11. The van der Waals surface area contributed by atoms with Gasteiger partial charge in [0.05, 0.1) is 6.10 Å². The highest BCUT2D eigenvalue weighted by Gasteiger charge is 2.44. The van der Waals surface area contributed by atoms with Crippen LogP contribution in [0.25, 0.3) is 10.8 Å². The number of hydrogen-bond acceptors (Lipinski definition) is 14. The quantitative estimate of drug-likeness (QED) is 0.101. The lowest BCUT2D eigenvalue weighted by molar-refractivity contribution is -0.143. The molecule has 2 aliphatic heterocycles. The van der Waals surface area contributed by atoms with Gasteiger partial charge in [-0.15, -0.1) is 0 Å². The molecule has 3 aromatic rings. The molecule has 4 aliphatic rings. The van der Waals surface area contributed by atoms with E-state index in [1.807, 2.05) is 75.4 Å². The normalized spacial score (nSPS) is 27.7. The molecular weight excluding hydrogens is 1310 g/mol. The lowest BCUT2D eigenvalue weighted by Crippen LogP contribution is -2.65. The van der Waals surface area contributed by atoms with E-state index in [0.717, 1.165) is 86.1 Å². The molecule has 2 bridgehead atoms. The minimum Gasteiger partial charge on any atom is -0.391 e. The Morgan fingerprint density at radius 2 is 1.12 bits per heavy atom. The van der Waals surface area contributed by atoms with Crippen LogP contribution in [0.1, 0.15) is 188 Å². The Hall–Kier alpha value is -7.25. The van der Waals surface area contributed by atoms with E-state index in [4.69, 9.17) is 0 Å². The Kier molecular flexibility index (Phi) is 31.4. The molecule has 2 saturated carbocycles. The molecule has 3 fully saturated rings. The molecule has 100 heavy (non-hydrogen) atoms. The van der Waals surface area contributed by atoms with Crippen molar-refractivity contribution in [2.75, 3.05) is 24.6 Å². The van der Waals surface area contributed by atoms with E-state index in [0.29, 0.717) is 54.4 Å². The number of thioether (sulfide) groups is 2. The molecule has 2 heterocycles. The summed E-state index contributed by atoms with van der Waals surface area (Å²) in [6, 6.07) is 10.4. The molecule has 11 N–H and O–H groups in total. The first kappa shape index (κ1) is 80.1. The molecule has 11 amide bonds. The minimum absolute atomic E-state index is 0.0742. The van der Waals surface area contributed by atoms with Crippen molar-refractivity contribution < 1.29 is 57.8 Å². The second-order valence-electron chi connectivity index (χ2n) is 28.8. The lowest BCUT2D eigenvalue weighted by atomic mass is 9.83. The molecule has 0 spiro atoms. The first-order chi connectivity index (χ1) is 47.8. The average Bonchev–Trinajstić information content (AvgIpc) is 1.22. The summed E-state index contributed by atoms with van der Waals surface area (Å²) < 4.78 is 0. The van der Waals surface area contributed by atoms with Crippen LogP contribution in [0.2, 0.25) is 0 Å². The van der Waals surface area contributed by atoms with Crippen molar-refractivity contribution in [2.24, 2.45) is 23.7 Å². The highest BCUT2D eigenvalue weighted by molar-refractivity contribution is 7.98. The smallest absolute Gasteiger partial charge is 0.246 e. The zero-order valence-corrected chi connectivity index (χ0v) is 61.7. The van der Waals surface area contributed by atoms with Crippen molar-refractivity contribution in [1.82, 2.24) is 58.1 Å². The summed E-state index contributed by atoms with van der Waals surface area (Å²) in [6.45, 7) is 15.4. The summed E-state index contributed by atoms with van der Waals surface area (Å²) in [7, 11) is 0. The third-order valence-corrected chi connectivity index (χ3v) is 22.3. The number of hydrogen-bond donors (Lipinski definition) is 11. The molecule has 0 aromatic heterocycles. The van der Waals surface area contributed by atoms with Gasteiger partial charge >= 0.3 is 0 Å². The van der Waals surface area contributed by atoms with E-state index in [1.165, 1.54) is 18.7 Å². The van der Waals surface area contributed by atoms with Crippen LogP contribution in [0.4, 0.5) is 0 Å². The van der Waals surface area contributed by atoms with Crippen LogP contribution < -0.4 is 53.2 Å². The summed E-state index contributed by atoms with van der Waals surface area (Å²) in [6.07, 6.45) is 9.50. The molecule has 1 saturated heterocycles. The molecule has 3 aromatic carbocycles. The lowest BCUT2D eigenvalue weighted by Gasteiger charge is -2.36. The van der Waals surface area contributed by atoms with E-state index in [-0.39, 0.29) is 62.3 Å². The number of amides is 11. The predicted molar refractivity (Wildman–Crippen MR) is 391 cm³/mol. The van der Waals surface area contributed by atoms with E-state index in [1.54, 1.807) is 57.3 Å². The maximum atomic E-state index is 15.0. The molecule has 0 radical (unpaired) electrons. The van der Waals surface area contributed by atoms with Gasteiger partial charge in [-0.05, 0) is 111 Å². The van der Waals surface area contributed by atoms with E-state index < -0.39 is 131 Å². The van der Waals surface area contributed by atoms with Crippen molar-refractivity contribution >= 4 is 99.3 Å². The monoisotopic (exact) mass is 1420 g/mol. The number of aliphatic hydroxyl groups excluding tert-OH is 1. The summed E-state index contributed by atoms with van der Waals surface area (Å²) >= 11 is 3.21. The number of benzene rings is 3. The van der Waals surface area contributed by atoms with E-state index in [2.05, 4.69) is 59.2 Å². The van der Waals surface area contributed by atoms with Crippen LogP contribution in [0.15, 0.2) is 66.7 Å². The van der Waals surface area contributed by atoms with Crippen LogP contribution in [-0.4, -0.2) is 166 Å². The van der Waals surface area contributed by atoms with Gasteiger partial charge in [0.25, 0.3) is 0 Å². The summed E-state index contributed by atoms with van der Waals surface area (Å²) in [5.41, 5.74) is 1.26. The Morgan fingerprint density at radius 3 is 1.76 bits per heavy atom. The van der Waals surface area contributed by atoms with E-state index in [9.17, 15) is 53.1 Å². The van der Waals surface area contributed by atoms with Crippen LogP contribution in [0.5, 0.6) is 0 Å². The molecular formula is C75H111N11O12S2. The van der Waals surface area contributed by atoms with E-state index >= 15 is 4.79 Å². The Labute approximate surface area is 599 Å². The van der Waals surface area contributed by atoms with Gasteiger partial charge in [0, 0.05) is 48.9 Å². The second kappa shape index (κ2) is 39.2. The first-order valence-corrected chi connectivity index (χ1v) is 38.8. The van der Waals surface area contributed by atoms with Crippen molar-refractivity contribution in [3.8, 4) is 0 Å². The van der Waals surface area contributed by atoms with Gasteiger partial charge < -0.3 is 63.2 Å². The number of aliphatic hydroxyl groups is 1. The Balaban J connectivity index is 1.16. The van der Waals surface area contributed by atoms with Crippen LogP contribution in [0.3, 0.4) is 0 Å². The molecule has 2 aliphatic carbocycles. The van der Waals surface area contributed by atoms with Crippen molar-refractivity contribution in [2.45, 2.75) is 255 Å². The van der Waals surface area contributed by atoms with Gasteiger partial charge in [0.15, 0.2) is 0 Å². The molecule has 11 atom stereocenters. The summed E-state index contributed by atoms with van der Waals surface area (Å²) in [4.78, 5) is 160. The predicted octanol–water partition coefficient (Wildman–Crippen LogP) is 6.29. The van der Waals surface area contributed by atoms with Crippen molar-refractivity contribution in [1.29, 1.82) is 0 Å². The summed E-state index contributed by atoms with van der Waals surface area (Å²) in [5, 5.41) is 41.5. The topological polar surface area (TPSA) is 332 Å². The standard InChI is InChI=1S/C75H111N11O12S2/c1-10-22-57-67(91)77-48(7)66(90)80-58(40-50-23-13-11-14-24-50)69(93)85-75(9,46(4)5)74(98)78-47(6)65(89)76-35-38-100-44-53-28-19-27-52(39-53)43-99-37-34-62(88)83-63(45(2)3)71(95)82-60(41-51-25-15-12-16-26-51)73(97)86-36-21-33-61(86)70(94)84-64(49(8)87)72(96)81-59(68(92)79-57)42-55-31-20-30-54-29-17-18-32-56(54)55/h17-20,27-32,39,45-51,57-61,63-64,87H,10-16,21-26,33-38,40-44H2,1-9H3,(H,76,89)(H,77,91)(H,78,98)(H,79,92)(H,80,90)(H,81,96)(H,82,95)(H,83,88)(H,84,94)(H,85,93)/t47-,48-,49+,57-,58-,59-,60-,61-,63-,64-,75-/m0/s1. The van der Waals surface area contributed by atoms with Gasteiger partial charge in [-0.2, -0.15) is 23.5 Å². The third kappa shape index (κ3) is 23.4. The highest BCUT2D eigenvalue weighted by Crippen LogP contribution is 2.31. The number of rotatable bonds is 11. The fourth-order valence-corrected chi connectivity index (χ4v) is 15.5. The first-order valence-electron chi connectivity index (χ1n) is 36.5. The molecule has 0 unspecified atom stereocenters. The number of fused-ring (bicyclic) bond motifs is 4. The molecule has 23 nitrogen and oxygen atoms in total. The van der Waals surface area contributed by atoms with Crippen molar-refractivity contribution in [3.05, 3.63) is 83.4 Å². The molecule has 7 rings (SSSR count). The zero-order chi connectivity index (χ0) is 72.6. The number of carbonyl (C=O) groups is 11. The van der Waals surface area contributed by atoms with Crippen LogP contribution >= 0.6 is 23.5 Å². The van der Waals surface area contributed by atoms with Gasteiger partial charge in [-0.1, -0.05) is 172 Å². The van der Waals surface area contributed by atoms with Gasteiger partial charge in [-0.3, -0.25) is 52.7 Å². The molecule has 550 valence electrons. The Bertz CT molecular complexity index is 3300. The third-order valence-electron chi connectivity index (χ3n) is 20.2. The highest BCUT2D eigenvalue weighted by atomic mass is 32.2. The second-order valence-corrected chi connectivity index (χ2v) is 31.0. The SMILES string of the molecule is CCC[C@@H]1NC(=O)[C@H](Cc2cccc3ccccc23)NC(=O)[C@H]([C@@H](C)O)NC(=O)[C@@H]2CCCN2C(=O)[C@H](CC2CCCCC2)NC(=O)[C@H](C(C)C)NC(=O)CCSCc2cccc(c2)CSCCNC(=O)[C@H](C)NC(=O)[C@](C)(C(C)C)NC(=O)[C@H](CC2CCCCC2)NC(=O)[C@H](C)NC1=O. The fourth-order valence-electron chi connectivity index (χ4n) is 13.8. The largest absolute Gasteiger partial charge is 0.391 e. The fraction of sp³-hybridized carbons (Fsp3) is 0.640. The maximum absolute atomic E-state index is 15.0. The molecule has 25 heteroatoms. The summed E-state index contributed by atoms with van der Waals surface area (Å²) in [5.74, 6) is -5.09. The van der Waals surface area contributed by atoms with Gasteiger partial charge in [-0.25, -0.2) is 0 Å².